The van der Waals surface area contributed by atoms with Crippen molar-refractivity contribution in [2.75, 3.05) is 16.8 Å². The van der Waals surface area contributed by atoms with Gasteiger partial charge in [0, 0.05) is 17.9 Å². The molecule has 0 aliphatic rings. The average molecular weight is 309 g/mol. The van der Waals surface area contributed by atoms with Gasteiger partial charge in [-0.05, 0) is 29.8 Å². The zero-order valence-corrected chi connectivity index (χ0v) is 12.7. The Labute approximate surface area is 135 Å². The van der Waals surface area contributed by atoms with Crippen LogP contribution in [-0.4, -0.2) is 18.4 Å². The van der Waals surface area contributed by atoms with Gasteiger partial charge in [-0.2, -0.15) is 0 Å². The molecule has 0 fully saturated rings. The Morgan fingerprint density at radius 3 is 2.52 bits per heavy atom. The SMILES string of the molecule is C=CC(=O)Nc1cccc(N(CC(N)=O)Cc2ccccc2)c1. The maximum Gasteiger partial charge on any atom is 0.247 e. The van der Waals surface area contributed by atoms with Gasteiger partial charge in [0.05, 0.1) is 6.54 Å². The molecule has 0 radical (unpaired) electrons. The van der Waals surface area contributed by atoms with Crippen LogP contribution in [0, 0.1) is 0 Å². The summed E-state index contributed by atoms with van der Waals surface area (Å²) in [5.74, 6) is -0.701. The van der Waals surface area contributed by atoms with Gasteiger partial charge in [0.25, 0.3) is 0 Å². The van der Waals surface area contributed by atoms with E-state index in [2.05, 4.69) is 11.9 Å². The van der Waals surface area contributed by atoms with E-state index in [1.807, 2.05) is 47.4 Å². The highest BCUT2D eigenvalue weighted by Gasteiger charge is 2.11. The predicted octanol–water partition coefficient (Wildman–Crippen LogP) is 2.30. The fraction of sp³-hybridized carbons (Fsp3) is 0.111. The number of nitrogens with zero attached hydrogens (tertiary/aromatic N) is 1. The predicted molar refractivity (Wildman–Crippen MR) is 92.0 cm³/mol. The molecular formula is C18H19N3O2. The van der Waals surface area contributed by atoms with Crippen molar-refractivity contribution >= 4 is 23.2 Å². The maximum atomic E-state index is 11.4. The smallest absolute Gasteiger partial charge is 0.247 e. The van der Waals surface area contributed by atoms with Crippen molar-refractivity contribution in [1.29, 1.82) is 0 Å². The van der Waals surface area contributed by atoms with Crippen molar-refractivity contribution in [3.8, 4) is 0 Å². The van der Waals surface area contributed by atoms with Crippen molar-refractivity contribution in [1.82, 2.24) is 0 Å². The number of primary amides is 1. The van der Waals surface area contributed by atoms with E-state index >= 15 is 0 Å². The van der Waals surface area contributed by atoms with Crippen LogP contribution in [-0.2, 0) is 16.1 Å². The van der Waals surface area contributed by atoms with Crippen LogP contribution < -0.4 is 16.0 Å². The molecule has 0 saturated carbocycles. The normalized spacial score (nSPS) is 9.91. The van der Waals surface area contributed by atoms with Gasteiger partial charge in [0.1, 0.15) is 0 Å². The first kappa shape index (κ1) is 16.3. The molecule has 2 rings (SSSR count). The molecule has 5 nitrogen and oxygen atoms in total. The quantitative estimate of drug-likeness (QED) is 0.771. The van der Waals surface area contributed by atoms with Crippen LogP contribution in [0.2, 0.25) is 0 Å². The Morgan fingerprint density at radius 2 is 1.87 bits per heavy atom. The van der Waals surface area contributed by atoms with Gasteiger partial charge < -0.3 is 16.0 Å². The molecule has 0 bridgehead atoms. The van der Waals surface area contributed by atoms with E-state index in [1.165, 1.54) is 6.08 Å². The van der Waals surface area contributed by atoms with Crippen LogP contribution >= 0.6 is 0 Å². The van der Waals surface area contributed by atoms with Crippen molar-refractivity contribution < 1.29 is 9.59 Å². The summed E-state index contributed by atoms with van der Waals surface area (Å²) >= 11 is 0. The van der Waals surface area contributed by atoms with Gasteiger partial charge >= 0.3 is 0 Å². The third kappa shape index (κ3) is 5.00. The van der Waals surface area contributed by atoms with E-state index in [0.717, 1.165) is 11.3 Å². The third-order valence-corrected chi connectivity index (χ3v) is 3.23. The van der Waals surface area contributed by atoms with Crippen LogP contribution in [0.3, 0.4) is 0 Å². The fourth-order valence-electron chi connectivity index (χ4n) is 2.20. The summed E-state index contributed by atoms with van der Waals surface area (Å²) in [6, 6.07) is 17.0. The zero-order valence-electron chi connectivity index (χ0n) is 12.7. The number of hydrogen-bond acceptors (Lipinski definition) is 3. The van der Waals surface area contributed by atoms with Gasteiger partial charge in [-0.25, -0.2) is 0 Å². The Bertz CT molecular complexity index is 698. The molecule has 0 aliphatic carbocycles. The highest BCUT2D eigenvalue weighted by atomic mass is 16.1. The number of rotatable bonds is 7. The molecule has 0 spiro atoms. The Morgan fingerprint density at radius 1 is 1.13 bits per heavy atom. The third-order valence-electron chi connectivity index (χ3n) is 3.23. The minimum atomic E-state index is -0.415. The number of benzene rings is 2. The molecule has 2 aromatic carbocycles. The molecule has 23 heavy (non-hydrogen) atoms. The molecule has 0 atom stereocenters. The Hall–Kier alpha value is -3.08. The van der Waals surface area contributed by atoms with Gasteiger partial charge in [-0.15, -0.1) is 0 Å². The van der Waals surface area contributed by atoms with Crippen molar-refractivity contribution in [3.63, 3.8) is 0 Å². The van der Waals surface area contributed by atoms with Crippen LogP contribution in [0.25, 0.3) is 0 Å². The average Bonchev–Trinajstić information content (AvgIpc) is 2.55. The van der Waals surface area contributed by atoms with Crippen LogP contribution in [0.5, 0.6) is 0 Å². The minimum absolute atomic E-state index is 0.0910. The largest absolute Gasteiger partial charge is 0.368 e. The van der Waals surface area contributed by atoms with Gasteiger partial charge in [0.2, 0.25) is 11.8 Å². The van der Waals surface area contributed by atoms with Gasteiger partial charge in [0.15, 0.2) is 0 Å². The van der Waals surface area contributed by atoms with Crippen LogP contribution in [0.1, 0.15) is 5.56 Å². The van der Waals surface area contributed by atoms with E-state index < -0.39 is 5.91 Å². The highest BCUT2D eigenvalue weighted by Crippen LogP contribution is 2.21. The minimum Gasteiger partial charge on any atom is -0.368 e. The lowest BCUT2D eigenvalue weighted by molar-refractivity contribution is -0.116. The summed E-state index contributed by atoms with van der Waals surface area (Å²) in [5, 5.41) is 2.70. The monoisotopic (exact) mass is 309 g/mol. The lowest BCUT2D eigenvalue weighted by atomic mass is 10.2. The topological polar surface area (TPSA) is 75.4 Å². The number of nitrogens with two attached hydrogens (primary N) is 1. The van der Waals surface area contributed by atoms with E-state index in [0.29, 0.717) is 12.2 Å². The Balaban J connectivity index is 2.24. The molecule has 2 amide bonds. The highest BCUT2D eigenvalue weighted by molar-refractivity contribution is 5.99. The van der Waals surface area contributed by atoms with Crippen molar-refractivity contribution in [3.05, 3.63) is 72.8 Å². The first-order valence-electron chi connectivity index (χ1n) is 7.19. The lowest BCUT2D eigenvalue weighted by Crippen LogP contribution is -2.33. The maximum absolute atomic E-state index is 11.4. The number of hydrogen-bond donors (Lipinski definition) is 2. The summed E-state index contributed by atoms with van der Waals surface area (Å²) in [4.78, 5) is 24.7. The molecule has 3 N–H and O–H groups in total. The second-order valence-corrected chi connectivity index (χ2v) is 5.05. The number of amides is 2. The van der Waals surface area contributed by atoms with Crippen LogP contribution in [0.4, 0.5) is 11.4 Å². The van der Waals surface area contributed by atoms with E-state index in [4.69, 9.17) is 5.73 Å². The van der Waals surface area contributed by atoms with Crippen molar-refractivity contribution in [2.45, 2.75) is 6.54 Å². The van der Waals surface area contributed by atoms with E-state index in [-0.39, 0.29) is 12.5 Å². The molecule has 0 saturated heterocycles. The molecule has 0 aromatic heterocycles. The number of nitrogens with one attached hydrogen (secondary N) is 1. The molecule has 0 aliphatic heterocycles. The summed E-state index contributed by atoms with van der Waals surface area (Å²) in [6.07, 6.45) is 1.21. The molecule has 5 heteroatoms. The van der Waals surface area contributed by atoms with Crippen LogP contribution in [0.15, 0.2) is 67.3 Å². The second-order valence-electron chi connectivity index (χ2n) is 5.05. The summed E-state index contributed by atoms with van der Waals surface area (Å²) in [7, 11) is 0. The first-order chi connectivity index (χ1) is 11.1. The number of carbonyl (C=O) groups is 2. The van der Waals surface area contributed by atoms with E-state index in [1.54, 1.807) is 12.1 Å². The zero-order chi connectivity index (χ0) is 16.7. The summed E-state index contributed by atoms with van der Waals surface area (Å²) < 4.78 is 0. The summed E-state index contributed by atoms with van der Waals surface area (Å²) in [5.41, 5.74) is 7.86. The number of anilines is 2. The summed E-state index contributed by atoms with van der Waals surface area (Å²) in [6.45, 7) is 4.06. The second kappa shape index (κ2) is 7.79. The lowest BCUT2D eigenvalue weighted by Gasteiger charge is -2.24. The Kier molecular flexibility index (Phi) is 5.52. The van der Waals surface area contributed by atoms with Gasteiger partial charge in [-0.3, -0.25) is 9.59 Å². The first-order valence-corrected chi connectivity index (χ1v) is 7.19. The molecule has 0 heterocycles. The number of carbonyl (C=O) groups excluding carboxylic acids is 2. The molecular weight excluding hydrogens is 290 g/mol. The van der Waals surface area contributed by atoms with Gasteiger partial charge in [-0.1, -0.05) is 43.0 Å². The molecule has 2 aromatic rings. The van der Waals surface area contributed by atoms with E-state index in [9.17, 15) is 9.59 Å². The van der Waals surface area contributed by atoms with Crippen molar-refractivity contribution in [2.24, 2.45) is 5.73 Å². The standard InChI is InChI=1S/C18H19N3O2/c1-2-18(23)20-15-9-6-10-16(11-15)21(13-17(19)22)12-14-7-4-3-5-8-14/h2-11H,1,12-13H2,(H2,19,22)(H,20,23). The molecule has 0 unspecified atom stereocenters. The fourth-order valence-corrected chi connectivity index (χ4v) is 2.20. The molecule has 118 valence electrons.